The van der Waals surface area contributed by atoms with Crippen molar-refractivity contribution in [3.05, 3.63) is 0 Å². The number of hydrogen-bond acceptors (Lipinski definition) is 4. The second kappa shape index (κ2) is 3.83. The van der Waals surface area contributed by atoms with Gasteiger partial charge in [-0.15, -0.1) is 5.48 Å². The standard InChI is InChI=1S/CH3IN2O4/c3-1(5)4-8-2(6)7/h(H3,3,4,5). The van der Waals surface area contributed by atoms with Gasteiger partial charge < -0.3 is 12.6 Å². The van der Waals surface area contributed by atoms with E-state index in [4.69, 9.17) is 0 Å². The number of halogens is 1. The van der Waals surface area contributed by atoms with E-state index in [2.05, 4.69) is 8.90 Å². The molecule has 7 heteroatoms. The molecule has 0 aromatic rings. The lowest BCUT2D eigenvalue weighted by Gasteiger charge is -1.88. The molecule has 8 heavy (non-hydrogen) atoms. The Bertz CT molecular complexity index is 84.1. The maximum atomic E-state index is 9.64. The summed E-state index contributed by atoms with van der Waals surface area (Å²) < 4.78 is 22.7. The minimum Gasteiger partial charge on any atom is -0.394 e. The van der Waals surface area contributed by atoms with Gasteiger partial charge in [0.05, 0.1) is 0 Å². The lowest BCUT2D eigenvalue weighted by molar-refractivity contribution is -1.63. The predicted molar refractivity (Wildman–Crippen MR) is 13.8 cm³/mol. The van der Waals surface area contributed by atoms with E-state index in [1.54, 1.807) is 0 Å². The van der Waals surface area contributed by atoms with Gasteiger partial charge in [-0.25, -0.2) is 4.79 Å². The molecule has 3 N–H and O–H groups in total. The fraction of sp³-hybridized carbons (Fsp3) is 0. The summed E-state index contributed by atoms with van der Waals surface area (Å²) in [7, 11) is 0. The lowest BCUT2D eigenvalue weighted by Crippen LogP contribution is -3.99. The van der Waals surface area contributed by atoms with Gasteiger partial charge in [0, 0.05) is 0 Å². The van der Waals surface area contributed by atoms with Crippen molar-refractivity contribution in [1.82, 2.24) is 5.48 Å². The van der Waals surface area contributed by atoms with Crippen LogP contribution in [0.5, 0.6) is 0 Å². The molecule has 6 nitrogen and oxygen atoms in total. The third kappa shape index (κ3) is 5.88. The van der Waals surface area contributed by atoms with Crippen LogP contribution >= 0.6 is 0 Å². The largest absolute Gasteiger partial charge is 0.540 e. The Morgan fingerprint density at radius 1 is 1.75 bits per heavy atom. The second-order valence-electron chi connectivity index (χ2n) is 0.732. The zero-order valence-corrected chi connectivity index (χ0v) is 5.75. The predicted octanol–water partition coefficient (Wildman–Crippen LogP) is -6.32. The molecule has 0 heterocycles. The van der Waals surface area contributed by atoms with E-state index in [0.717, 1.165) is 0 Å². The van der Waals surface area contributed by atoms with Gasteiger partial charge in [-0.1, -0.05) is 0 Å². The fourth-order valence-corrected chi connectivity index (χ4v) is 0.466. The number of rotatable bonds is 2. The van der Waals surface area contributed by atoms with Crippen LogP contribution in [0.1, 0.15) is 0 Å². The molecular formula is CH3IN2O4. The zero-order chi connectivity index (χ0) is 6.57. The van der Waals surface area contributed by atoms with Crippen LogP contribution in [0.3, 0.4) is 0 Å². The normalized spacial score (nSPS) is 9.38. The monoisotopic (exact) mass is 234 g/mol. The Kier molecular flexibility index (Phi) is 3.77. The van der Waals surface area contributed by atoms with Gasteiger partial charge in [-0.05, 0) is 0 Å². The quantitative estimate of drug-likeness (QED) is 0.365. The number of urea groups is 1. The Morgan fingerprint density at radius 3 is 2.38 bits per heavy atom. The number of primary amides is 1. The SMILES string of the molecule is NC(=O)NO[I+2]([O-])[O-]. The van der Waals surface area contributed by atoms with Crippen molar-refractivity contribution in [3.63, 3.8) is 0 Å². The van der Waals surface area contributed by atoms with Crippen molar-refractivity contribution in [2.24, 2.45) is 5.73 Å². The highest BCUT2D eigenvalue weighted by molar-refractivity contribution is 5.70. The molecule has 0 aliphatic carbocycles. The molecular weight excluding hydrogens is 231 g/mol. The van der Waals surface area contributed by atoms with Crippen LogP contribution in [0.4, 0.5) is 4.79 Å². The second-order valence-corrected chi connectivity index (χ2v) is 2.25. The van der Waals surface area contributed by atoms with Crippen LogP contribution in [-0.2, 0) is 3.17 Å². The summed E-state index contributed by atoms with van der Waals surface area (Å²) in [5, 5.41) is 0. The molecule has 0 unspecified atom stereocenters. The first-order valence-corrected chi connectivity index (χ1v) is 4.05. The van der Waals surface area contributed by atoms with Gasteiger partial charge in [-0.2, -0.15) is 0 Å². The minimum atomic E-state index is -3.78. The average Bonchev–Trinajstić information content (AvgIpc) is 1.61. The first-order valence-electron chi connectivity index (χ1n) is 1.41. The van der Waals surface area contributed by atoms with Crippen LogP contribution in [0, 0.1) is 0 Å². The topological polar surface area (TPSA) is 110 Å². The highest BCUT2D eigenvalue weighted by Gasteiger charge is 2.12. The van der Waals surface area contributed by atoms with Crippen molar-refractivity contribution in [2.75, 3.05) is 0 Å². The number of carbonyl (C=O) groups is 1. The van der Waals surface area contributed by atoms with E-state index in [1.807, 2.05) is 0 Å². The summed E-state index contributed by atoms with van der Waals surface area (Å²) in [5.74, 6) is 0. The van der Waals surface area contributed by atoms with Crippen LogP contribution in [0.25, 0.3) is 0 Å². The molecule has 0 saturated heterocycles. The number of carbonyl (C=O) groups excluding carboxylic acids is 1. The summed E-state index contributed by atoms with van der Waals surface area (Å²) >= 11 is -3.78. The van der Waals surface area contributed by atoms with Crippen LogP contribution in [0.2, 0.25) is 0 Å². The molecule has 0 bridgehead atoms. The number of nitrogens with one attached hydrogen (secondary N) is 1. The molecule has 0 spiro atoms. The summed E-state index contributed by atoms with van der Waals surface area (Å²) in [4.78, 5) is 9.64. The van der Waals surface area contributed by atoms with Crippen LogP contribution in [0.15, 0.2) is 0 Å². The van der Waals surface area contributed by atoms with Gasteiger partial charge in [0.25, 0.3) is 0 Å². The van der Waals surface area contributed by atoms with Crippen LogP contribution < -0.4 is 39.1 Å². The van der Waals surface area contributed by atoms with E-state index in [0.29, 0.717) is 0 Å². The molecule has 48 valence electrons. The van der Waals surface area contributed by atoms with Crippen molar-refractivity contribution < 1.29 is 35.9 Å². The molecule has 0 atom stereocenters. The number of hydrogen-bond donors (Lipinski definition) is 2. The minimum absolute atomic E-state index is 1.03. The van der Waals surface area contributed by atoms with Gasteiger partial charge in [0.1, 0.15) is 3.17 Å². The first kappa shape index (κ1) is 7.88. The maximum Gasteiger partial charge on any atom is 0.540 e. The van der Waals surface area contributed by atoms with Gasteiger partial charge in [0.15, 0.2) is 0 Å². The van der Waals surface area contributed by atoms with E-state index in [-0.39, 0.29) is 0 Å². The number of nitrogens with two attached hydrogens (primary N) is 1. The van der Waals surface area contributed by atoms with E-state index in [1.165, 1.54) is 5.48 Å². The summed E-state index contributed by atoms with van der Waals surface area (Å²) in [5.41, 5.74) is 5.84. The molecule has 0 fully saturated rings. The molecule has 0 radical (unpaired) electrons. The van der Waals surface area contributed by atoms with Gasteiger partial charge in [0.2, 0.25) is 0 Å². The number of hydroxylamine groups is 1. The van der Waals surface area contributed by atoms with Gasteiger partial charge in [-0.3, -0.25) is 0 Å². The molecule has 0 aromatic carbocycles. The maximum absolute atomic E-state index is 9.64. The Morgan fingerprint density at radius 2 is 2.25 bits per heavy atom. The Labute approximate surface area is 53.6 Å². The zero-order valence-electron chi connectivity index (χ0n) is 3.59. The van der Waals surface area contributed by atoms with Gasteiger partial charge >= 0.3 is 27.1 Å². The highest BCUT2D eigenvalue weighted by atomic mass is 127. The lowest BCUT2D eigenvalue weighted by atomic mass is 11.2. The Balaban J connectivity index is 3.05. The van der Waals surface area contributed by atoms with Crippen molar-refractivity contribution in [3.8, 4) is 0 Å². The smallest absolute Gasteiger partial charge is 0.394 e. The molecule has 2 amide bonds. The average molecular weight is 234 g/mol. The molecule has 0 aliphatic rings. The fourth-order valence-electron chi connectivity index (χ4n) is 0.0695. The third-order valence-corrected chi connectivity index (χ3v) is 0.782. The summed E-state index contributed by atoms with van der Waals surface area (Å²) in [6.07, 6.45) is 0. The molecule has 0 rings (SSSR count). The molecule has 0 aliphatic heterocycles. The van der Waals surface area contributed by atoms with Crippen LogP contribution in [-0.4, -0.2) is 6.03 Å². The molecule has 0 saturated carbocycles. The third-order valence-electron chi connectivity index (χ3n) is 0.202. The van der Waals surface area contributed by atoms with Crippen molar-refractivity contribution in [2.45, 2.75) is 0 Å². The van der Waals surface area contributed by atoms with E-state index < -0.39 is 27.1 Å². The number of amides is 2. The van der Waals surface area contributed by atoms with E-state index >= 15 is 0 Å². The van der Waals surface area contributed by atoms with E-state index in [9.17, 15) is 11.7 Å². The summed E-state index contributed by atoms with van der Waals surface area (Å²) in [6.45, 7) is 0. The Hall–Kier alpha value is -0.120. The summed E-state index contributed by atoms with van der Waals surface area (Å²) in [6, 6.07) is -1.03. The van der Waals surface area contributed by atoms with Crippen molar-refractivity contribution >= 4 is 6.03 Å². The van der Waals surface area contributed by atoms with Crippen molar-refractivity contribution in [1.29, 1.82) is 0 Å². The molecule has 0 aromatic heterocycles. The first-order chi connectivity index (χ1) is 3.63. The highest BCUT2D eigenvalue weighted by Crippen LogP contribution is 1.43.